The number of nitrogens with one attached hydrogen (secondary N) is 2. The van der Waals surface area contributed by atoms with E-state index in [0.29, 0.717) is 0 Å². The molecule has 2 heterocycles. The minimum absolute atomic E-state index is 0.751. The summed E-state index contributed by atoms with van der Waals surface area (Å²) in [6.07, 6.45) is 4.79. The summed E-state index contributed by atoms with van der Waals surface area (Å²) >= 11 is 3.50. The summed E-state index contributed by atoms with van der Waals surface area (Å²) in [6, 6.07) is 6.16. The van der Waals surface area contributed by atoms with E-state index < -0.39 is 0 Å². The zero-order valence-corrected chi connectivity index (χ0v) is 16.2. The minimum atomic E-state index is 0.751. The number of anilines is 1. The van der Waals surface area contributed by atoms with Crippen LogP contribution in [0.5, 0.6) is 5.75 Å². The van der Waals surface area contributed by atoms with Crippen molar-refractivity contribution in [3.05, 3.63) is 40.8 Å². The Kier molecular flexibility index (Phi) is 5.55. The predicted molar refractivity (Wildman–Crippen MR) is 104 cm³/mol. The number of fused-ring (bicyclic) bond motifs is 1. The summed E-state index contributed by atoms with van der Waals surface area (Å²) in [4.78, 5) is 9.11. The first-order valence-electron chi connectivity index (χ1n) is 8.21. The zero-order chi connectivity index (χ0) is 17.8. The highest BCUT2D eigenvalue weighted by Crippen LogP contribution is 2.32. The molecule has 0 aliphatic carbocycles. The second kappa shape index (κ2) is 7.84. The van der Waals surface area contributed by atoms with E-state index in [1.807, 2.05) is 29.9 Å². The average molecular weight is 404 g/mol. The predicted octanol–water partition coefficient (Wildman–Crippen LogP) is 3.50. The van der Waals surface area contributed by atoms with Crippen LogP contribution in [0.2, 0.25) is 0 Å². The van der Waals surface area contributed by atoms with Crippen molar-refractivity contribution in [3.8, 4) is 17.0 Å². The number of aromatic nitrogens is 3. The van der Waals surface area contributed by atoms with Crippen molar-refractivity contribution in [1.82, 2.24) is 19.7 Å². The van der Waals surface area contributed by atoms with Gasteiger partial charge in [-0.25, -0.2) is 9.97 Å². The second-order valence-corrected chi connectivity index (χ2v) is 6.65. The SMILES string of the molecule is CNCCCNc1nc(Br)cn2c(-c3ccc(C)cc3OC)cnc12. The maximum Gasteiger partial charge on any atom is 0.180 e. The number of hydrogen-bond acceptors (Lipinski definition) is 5. The van der Waals surface area contributed by atoms with Crippen LogP contribution in [0, 0.1) is 6.92 Å². The molecular formula is C18H22BrN5O. The lowest BCUT2D eigenvalue weighted by molar-refractivity contribution is 0.416. The van der Waals surface area contributed by atoms with Gasteiger partial charge in [0.05, 0.1) is 19.0 Å². The Hall–Kier alpha value is -2.12. The maximum absolute atomic E-state index is 5.56. The molecule has 0 aliphatic rings. The Morgan fingerprint density at radius 3 is 2.88 bits per heavy atom. The molecule has 0 amide bonds. The van der Waals surface area contributed by atoms with Gasteiger partial charge in [-0.15, -0.1) is 0 Å². The molecule has 3 rings (SSSR count). The highest BCUT2D eigenvalue weighted by atomic mass is 79.9. The summed E-state index contributed by atoms with van der Waals surface area (Å²) in [5.74, 6) is 1.60. The zero-order valence-electron chi connectivity index (χ0n) is 14.6. The van der Waals surface area contributed by atoms with Crippen LogP contribution in [0.4, 0.5) is 5.82 Å². The van der Waals surface area contributed by atoms with Crippen LogP contribution in [0.3, 0.4) is 0 Å². The van der Waals surface area contributed by atoms with Crippen molar-refractivity contribution in [1.29, 1.82) is 0 Å². The largest absolute Gasteiger partial charge is 0.496 e. The third-order valence-electron chi connectivity index (χ3n) is 3.99. The molecule has 0 atom stereocenters. The molecule has 0 unspecified atom stereocenters. The molecule has 0 bridgehead atoms. The molecule has 2 aromatic heterocycles. The Labute approximate surface area is 155 Å². The lowest BCUT2D eigenvalue weighted by Crippen LogP contribution is -2.14. The summed E-state index contributed by atoms with van der Waals surface area (Å²) in [7, 11) is 3.64. The van der Waals surface area contributed by atoms with Crippen molar-refractivity contribution in [2.24, 2.45) is 0 Å². The van der Waals surface area contributed by atoms with Crippen LogP contribution < -0.4 is 15.4 Å². The third-order valence-corrected chi connectivity index (χ3v) is 4.37. The summed E-state index contributed by atoms with van der Waals surface area (Å²) in [6.45, 7) is 3.84. The van der Waals surface area contributed by atoms with Gasteiger partial charge < -0.3 is 15.4 Å². The van der Waals surface area contributed by atoms with Crippen LogP contribution in [0.15, 0.2) is 35.2 Å². The molecule has 6 nitrogen and oxygen atoms in total. The van der Waals surface area contributed by atoms with E-state index >= 15 is 0 Å². The lowest BCUT2D eigenvalue weighted by Gasteiger charge is -2.11. The molecule has 25 heavy (non-hydrogen) atoms. The maximum atomic E-state index is 5.56. The molecule has 0 radical (unpaired) electrons. The molecular weight excluding hydrogens is 382 g/mol. The fourth-order valence-corrected chi connectivity index (χ4v) is 3.14. The second-order valence-electron chi connectivity index (χ2n) is 5.84. The molecule has 132 valence electrons. The lowest BCUT2D eigenvalue weighted by atomic mass is 10.1. The van der Waals surface area contributed by atoms with Crippen LogP contribution in [-0.2, 0) is 0 Å². The van der Waals surface area contributed by atoms with Gasteiger partial charge in [-0.1, -0.05) is 6.07 Å². The van der Waals surface area contributed by atoms with E-state index in [1.54, 1.807) is 7.11 Å². The van der Waals surface area contributed by atoms with Gasteiger partial charge in [0.1, 0.15) is 10.4 Å². The smallest absolute Gasteiger partial charge is 0.180 e. The quantitative estimate of drug-likeness (QED) is 0.591. The molecule has 1 aromatic carbocycles. The highest BCUT2D eigenvalue weighted by Gasteiger charge is 2.15. The van der Waals surface area contributed by atoms with Gasteiger partial charge in [-0.2, -0.15) is 0 Å². The Morgan fingerprint density at radius 1 is 1.28 bits per heavy atom. The van der Waals surface area contributed by atoms with Crippen molar-refractivity contribution >= 4 is 27.4 Å². The van der Waals surface area contributed by atoms with Crippen LogP contribution in [-0.4, -0.2) is 41.6 Å². The molecule has 0 aliphatic heterocycles. The first kappa shape index (κ1) is 17.7. The molecule has 0 fully saturated rings. The van der Waals surface area contributed by atoms with Gasteiger partial charge in [-0.05, 0) is 60.6 Å². The van der Waals surface area contributed by atoms with Crippen molar-refractivity contribution < 1.29 is 4.74 Å². The van der Waals surface area contributed by atoms with Gasteiger partial charge >= 0.3 is 0 Å². The number of methoxy groups -OCH3 is 1. The van der Waals surface area contributed by atoms with E-state index in [4.69, 9.17) is 4.74 Å². The molecule has 0 saturated heterocycles. The number of aryl methyl sites for hydroxylation is 1. The molecule has 0 spiro atoms. The van der Waals surface area contributed by atoms with E-state index in [2.05, 4.69) is 55.6 Å². The number of ether oxygens (including phenoxy) is 1. The first-order valence-corrected chi connectivity index (χ1v) is 9.00. The van der Waals surface area contributed by atoms with Crippen LogP contribution in [0.25, 0.3) is 16.9 Å². The number of rotatable bonds is 7. The number of halogens is 1. The number of nitrogens with zero attached hydrogens (tertiary/aromatic N) is 3. The molecule has 3 aromatic rings. The van der Waals surface area contributed by atoms with Gasteiger partial charge in [0.25, 0.3) is 0 Å². The Morgan fingerprint density at radius 2 is 2.12 bits per heavy atom. The summed E-state index contributed by atoms with van der Waals surface area (Å²) in [5, 5.41) is 6.51. The topological polar surface area (TPSA) is 63.5 Å². The standard InChI is InChI=1S/C18H22BrN5O/c1-12-5-6-13(15(9-12)25-3)14-10-22-18-17(21-8-4-7-20-2)23-16(19)11-24(14)18/h5-6,9-11,20H,4,7-8H2,1-3H3,(H,21,23). The number of benzene rings is 1. The average Bonchev–Trinajstić information content (AvgIpc) is 3.02. The van der Waals surface area contributed by atoms with E-state index in [-0.39, 0.29) is 0 Å². The van der Waals surface area contributed by atoms with E-state index in [9.17, 15) is 0 Å². The summed E-state index contributed by atoms with van der Waals surface area (Å²) < 4.78 is 8.34. The first-order chi connectivity index (χ1) is 12.1. The number of hydrogen-bond donors (Lipinski definition) is 2. The highest BCUT2D eigenvalue weighted by molar-refractivity contribution is 9.10. The normalized spacial score (nSPS) is 11.0. The third kappa shape index (κ3) is 3.77. The Balaban J connectivity index is 2.03. The van der Waals surface area contributed by atoms with Crippen molar-refractivity contribution in [2.75, 3.05) is 32.6 Å². The Bertz CT molecular complexity index is 877. The molecule has 0 saturated carbocycles. The number of imidazole rings is 1. The molecule has 2 N–H and O–H groups in total. The van der Waals surface area contributed by atoms with Gasteiger partial charge in [0.15, 0.2) is 11.5 Å². The van der Waals surface area contributed by atoms with Crippen LogP contribution in [0.1, 0.15) is 12.0 Å². The van der Waals surface area contributed by atoms with E-state index in [1.165, 1.54) is 0 Å². The fourth-order valence-electron chi connectivity index (χ4n) is 2.76. The van der Waals surface area contributed by atoms with Gasteiger partial charge in [0, 0.05) is 18.3 Å². The van der Waals surface area contributed by atoms with Gasteiger partial charge in [0.2, 0.25) is 0 Å². The fraction of sp³-hybridized carbons (Fsp3) is 0.333. The minimum Gasteiger partial charge on any atom is -0.496 e. The monoisotopic (exact) mass is 403 g/mol. The summed E-state index contributed by atoms with van der Waals surface area (Å²) in [5.41, 5.74) is 3.92. The van der Waals surface area contributed by atoms with Crippen LogP contribution >= 0.6 is 15.9 Å². The van der Waals surface area contributed by atoms with Crippen molar-refractivity contribution in [2.45, 2.75) is 13.3 Å². The molecule has 7 heteroatoms. The van der Waals surface area contributed by atoms with Crippen molar-refractivity contribution in [3.63, 3.8) is 0 Å². The van der Waals surface area contributed by atoms with E-state index in [0.717, 1.165) is 58.1 Å². The van der Waals surface area contributed by atoms with Gasteiger partial charge in [-0.3, -0.25) is 4.40 Å².